The minimum absolute atomic E-state index is 0.0441. The number of hydrogen-bond acceptors (Lipinski definition) is 18. The van der Waals surface area contributed by atoms with E-state index in [0.717, 1.165) is 25.8 Å². The van der Waals surface area contributed by atoms with Crippen LogP contribution in [0.4, 0.5) is 4.79 Å². The molecule has 0 saturated carbocycles. The summed E-state index contributed by atoms with van der Waals surface area (Å²) in [6.07, 6.45) is 3.36. The van der Waals surface area contributed by atoms with Crippen LogP contribution < -0.4 is 18.9 Å². The maximum atomic E-state index is 13.1. The van der Waals surface area contributed by atoms with Gasteiger partial charge in [-0.3, -0.25) is 0 Å². The van der Waals surface area contributed by atoms with Gasteiger partial charge in [0.1, 0.15) is 22.7 Å². The fraction of sp³-hybridized carbons (Fsp3) is 0.189. The van der Waals surface area contributed by atoms with Crippen LogP contribution in [0.15, 0.2) is 156 Å². The van der Waals surface area contributed by atoms with Crippen molar-refractivity contribution in [2.75, 3.05) is 48.3 Å². The molecule has 0 saturated heterocycles. The van der Waals surface area contributed by atoms with Crippen molar-refractivity contribution in [3.63, 3.8) is 0 Å². The third-order valence-corrected chi connectivity index (χ3v) is 14.1. The van der Waals surface area contributed by atoms with Crippen molar-refractivity contribution in [3.05, 3.63) is 157 Å². The molecule has 22 nitrogen and oxygen atoms in total. The van der Waals surface area contributed by atoms with Gasteiger partial charge in [-0.05, 0) is 93.6 Å². The third-order valence-electron chi connectivity index (χ3n) is 10.6. The second-order valence-electron chi connectivity index (χ2n) is 15.4. The highest BCUT2D eigenvalue weighted by molar-refractivity contribution is 7.90. The maximum absolute atomic E-state index is 13.1. The molecule has 0 spiro atoms. The Morgan fingerprint density at radius 1 is 0.513 bits per heavy atom. The van der Waals surface area contributed by atoms with Crippen LogP contribution in [0, 0.1) is 0 Å². The summed E-state index contributed by atoms with van der Waals surface area (Å²) in [4.78, 5) is 56.3. The van der Waals surface area contributed by atoms with Crippen molar-refractivity contribution in [3.8, 4) is 23.5 Å². The van der Waals surface area contributed by atoms with Crippen LogP contribution in [-0.2, 0) is 34.3 Å². The molecule has 78 heavy (non-hydrogen) atoms. The van der Waals surface area contributed by atoms with Crippen molar-refractivity contribution in [1.29, 1.82) is 0 Å². The first-order chi connectivity index (χ1) is 37.5. The first-order valence-corrected chi connectivity index (χ1v) is 26.7. The molecule has 0 atom stereocenters. The monoisotopic (exact) mass is 1120 g/mol. The molecule has 0 aliphatic heterocycles. The van der Waals surface area contributed by atoms with E-state index in [1.165, 1.54) is 42.6 Å². The maximum Gasteiger partial charge on any atom is 0.403 e. The molecule has 25 heteroatoms. The van der Waals surface area contributed by atoms with Crippen molar-refractivity contribution in [2.45, 2.75) is 30.6 Å². The molecule has 0 bridgehead atoms. The molecule has 0 unspecified atom stereocenters. The number of aromatic amines is 2. The van der Waals surface area contributed by atoms with E-state index in [1.807, 2.05) is 30.5 Å². The number of nitrogens with one attached hydrogen (secondary N) is 2. The Morgan fingerprint density at radius 2 is 1.00 bits per heavy atom. The number of rotatable bonds is 13. The molecule has 8 aromatic heterocycles. The van der Waals surface area contributed by atoms with Crippen LogP contribution in [-0.4, -0.2) is 120 Å². The quantitative estimate of drug-likeness (QED) is 0.0617. The number of pyridine rings is 4. The molecule has 2 aromatic carbocycles. The zero-order valence-electron chi connectivity index (χ0n) is 43.1. The molecule has 0 radical (unpaired) electrons. The molecule has 2 N–H and O–H groups in total. The van der Waals surface area contributed by atoms with Crippen LogP contribution in [0.3, 0.4) is 0 Å². The van der Waals surface area contributed by atoms with E-state index in [2.05, 4.69) is 34.6 Å². The van der Waals surface area contributed by atoms with Crippen molar-refractivity contribution in [2.24, 2.45) is 0 Å². The molecule has 408 valence electrons. The van der Waals surface area contributed by atoms with Crippen LogP contribution in [0.2, 0.25) is 0 Å². The highest BCUT2D eigenvalue weighted by Gasteiger charge is 2.28. The molecule has 0 fully saturated rings. The summed E-state index contributed by atoms with van der Waals surface area (Å²) in [5.41, 5.74) is 1.49. The van der Waals surface area contributed by atoms with Gasteiger partial charge in [0.25, 0.3) is 20.0 Å². The van der Waals surface area contributed by atoms with E-state index in [4.69, 9.17) is 40.0 Å². The summed E-state index contributed by atoms with van der Waals surface area (Å²) < 4.78 is 87.6. The Morgan fingerprint density at radius 3 is 1.54 bits per heavy atom. The van der Waals surface area contributed by atoms with Gasteiger partial charge in [0, 0.05) is 69.8 Å². The van der Waals surface area contributed by atoms with Gasteiger partial charge in [0.2, 0.25) is 23.5 Å². The predicted molar refractivity (Wildman–Crippen MR) is 291 cm³/mol. The number of carbonyl (C=O) groups is 3. The number of aromatic nitrogens is 8. The first kappa shape index (κ1) is 58.3. The topological polar surface area (TPSA) is 277 Å². The number of carbonyl (C=O) groups excluding carboxylic acids is 3. The van der Waals surface area contributed by atoms with Crippen molar-refractivity contribution >= 4 is 93.1 Å². The predicted octanol–water partition coefficient (Wildman–Crippen LogP) is 9.44. The van der Waals surface area contributed by atoms with Crippen molar-refractivity contribution in [1.82, 2.24) is 37.8 Å². The third kappa shape index (κ3) is 14.3. The first-order valence-electron chi connectivity index (χ1n) is 23.4. The zero-order valence-corrected chi connectivity index (χ0v) is 45.5. The second kappa shape index (κ2) is 27.2. The summed E-state index contributed by atoms with van der Waals surface area (Å²) in [6, 6.07) is 37.0. The SMILES string of the molecule is CCOC(=O)Cl.CCOC(=O)c1cc2ccc(OC)nc2[nH]1.CCOC(=O)c1cc2ccc(OC)nc2n1S(=O)(=O)c1ccccc1.COc1ccc2cc[nH]c2n1.COc1ccc2ccn(S(=O)(=O)c3ccccc3)c2n1. The Hall–Kier alpha value is -9.00. The molecule has 10 aromatic rings. The van der Waals surface area contributed by atoms with Crippen LogP contribution >= 0.6 is 11.6 Å². The molecular formula is C53H53ClN8O14S2. The van der Waals surface area contributed by atoms with Gasteiger partial charge >= 0.3 is 17.4 Å². The number of nitrogens with zero attached hydrogens (tertiary/aromatic N) is 6. The van der Waals surface area contributed by atoms with Gasteiger partial charge in [-0.15, -0.1) is 0 Å². The van der Waals surface area contributed by atoms with E-state index in [0.29, 0.717) is 53.2 Å². The lowest BCUT2D eigenvalue weighted by molar-refractivity contribution is 0.0510. The lowest BCUT2D eigenvalue weighted by Crippen LogP contribution is -2.20. The number of hydrogen-bond donors (Lipinski definition) is 2. The summed E-state index contributed by atoms with van der Waals surface area (Å²) in [5, 5.41) is 3.18. The normalized spacial score (nSPS) is 10.8. The fourth-order valence-electron chi connectivity index (χ4n) is 6.98. The smallest absolute Gasteiger partial charge is 0.403 e. The van der Waals surface area contributed by atoms with Gasteiger partial charge in [-0.2, -0.15) is 19.9 Å². The lowest BCUT2D eigenvalue weighted by atomic mass is 10.3. The summed E-state index contributed by atoms with van der Waals surface area (Å²) in [5.74, 6) is 0.648. The highest BCUT2D eigenvalue weighted by atomic mass is 35.5. The van der Waals surface area contributed by atoms with Gasteiger partial charge in [-0.25, -0.2) is 39.2 Å². The standard InChI is InChI=1S/C17H16N2O5S.C14H12N2O3S.C11H12N2O3.C8H8N2O.C3H5ClO2/c1-3-24-17(20)14-11-12-9-10-15(23-2)18-16(12)19(14)25(21,22)13-7-5-4-6-8-13;1-19-13-8-7-11-9-10-16(14(11)15-13)20(17,18)12-5-3-2-4-6-12;1-3-16-11(14)8-6-7-4-5-9(15-2)13-10(7)12-8;1-11-7-3-2-6-4-5-9-8(6)10-7;1-2-6-3(4)5/h4-11H,3H2,1-2H3;2-10H,1H3;4-6H,3H2,1-2H3,(H,12,13);2-5H,1H3,(H,9,10);2H2,1H3. The highest BCUT2D eigenvalue weighted by Crippen LogP contribution is 2.28. The van der Waals surface area contributed by atoms with E-state index < -0.39 is 31.4 Å². The number of benzene rings is 2. The van der Waals surface area contributed by atoms with Gasteiger partial charge in [-0.1, -0.05) is 36.4 Å². The number of esters is 2. The Kier molecular flexibility index (Phi) is 20.3. The average molecular weight is 1130 g/mol. The Labute approximate surface area is 452 Å². The molecule has 0 amide bonds. The van der Waals surface area contributed by atoms with Gasteiger partial charge in [0.05, 0.1) is 58.1 Å². The summed E-state index contributed by atoms with van der Waals surface area (Å²) >= 11 is 4.72. The molecule has 8 heterocycles. The number of H-pyrrole nitrogens is 2. The molecule has 0 aliphatic carbocycles. The van der Waals surface area contributed by atoms with Gasteiger partial charge in [0.15, 0.2) is 11.3 Å². The summed E-state index contributed by atoms with van der Waals surface area (Å²) in [6.45, 7) is 5.94. The number of ether oxygens (including phenoxy) is 7. The lowest BCUT2D eigenvalue weighted by Gasteiger charge is -2.11. The van der Waals surface area contributed by atoms with E-state index in [9.17, 15) is 31.2 Å². The Balaban J connectivity index is 0.000000167. The second-order valence-corrected chi connectivity index (χ2v) is 19.3. The molecule has 0 aliphatic rings. The van der Waals surface area contributed by atoms with E-state index in [-0.39, 0.29) is 39.6 Å². The Bertz CT molecular complexity index is 3870. The van der Waals surface area contributed by atoms with Crippen LogP contribution in [0.1, 0.15) is 41.7 Å². The molecule has 10 rings (SSSR count). The largest absolute Gasteiger partial charge is 0.481 e. The molecular weight excluding hydrogens is 1070 g/mol. The minimum Gasteiger partial charge on any atom is -0.481 e. The average Bonchev–Trinajstić information content (AvgIpc) is 4.41. The van der Waals surface area contributed by atoms with Crippen LogP contribution in [0.5, 0.6) is 23.5 Å². The van der Waals surface area contributed by atoms with Gasteiger partial charge < -0.3 is 43.1 Å². The number of fused-ring (bicyclic) bond motifs is 4. The number of halogens is 1. The fourth-order valence-corrected chi connectivity index (χ4v) is 9.88. The zero-order chi connectivity index (χ0) is 56.4. The van der Waals surface area contributed by atoms with E-state index in [1.54, 1.807) is 126 Å². The van der Waals surface area contributed by atoms with E-state index >= 15 is 0 Å². The summed E-state index contributed by atoms with van der Waals surface area (Å²) in [7, 11) is -1.62. The number of methoxy groups -OCH3 is 4. The van der Waals surface area contributed by atoms with Crippen molar-refractivity contribution < 1.29 is 64.4 Å². The minimum atomic E-state index is -4.04. The van der Waals surface area contributed by atoms with Crippen LogP contribution in [0.25, 0.3) is 44.1 Å².